The minimum atomic E-state index is -0.339. The van der Waals surface area contributed by atoms with Crippen LogP contribution in [0.25, 0.3) is 0 Å². The molecule has 1 aromatic heterocycles. The Morgan fingerprint density at radius 3 is 2.55 bits per heavy atom. The van der Waals surface area contributed by atoms with Crippen molar-refractivity contribution in [2.45, 2.75) is 6.42 Å². The van der Waals surface area contributed by atoms with E-state index >= 15 is 0 Å². The minimum absolute atomic E-state index is 0.114. The number of carbonyl (C=O) groups is 2. The molecule has 116 valence electrons. The molecule has 2 rings (SSSR count). The van der Waals surface area contributed by atoms with Gasteiger partial charge in [-0.2, -0.15) is 0 Å². The van der Waals surface area contributed by atoms with Crippen molar-refractivity contribution in [1.29, 1.82) is 0 Å². The van der Waals surface area contributed by atoms with Crippen LogP contribution in [-0.2, 0) is 4.79 Å². The number of hydrogen-bond donors (Lipinski definition) is 2. The molecule has 2 amide bonds. The molecule has 0 atom stereocenters. The number of thiophene rings is 1. The molecule has 0 radical (unpaired) electrons. The summed E-state index contributed by atoms with van der Waals surface area (Å²) in [7, 11) is 1.55. The molecular formula is C15H16N2O4S. The fourth-order valence-electron chi connectivity index (χ4n) is 1.65. The molecule has 0 aliphatic rings. The van der Waals surface area contributed by atoms with Crippen LogP contribution in [0, 0.1) is 0 Å². The third kappa shape index (κ3) is 4.49. The van der Waals surface area contributed by atoms with Crippen molar-refractivity contribution in [2.24, 2.45) is 0 Å². The van der Waals surface area contributed by atoms with Crippen LogP contribution in [0.2, 0.25) is 0 Å². The van der Waals surface area contributed by atoms with Crippen molar-refractivity contribution in [1.82, 2.24) is 10.9 Å². The molecule has 0 spiro atoms. The monoisotopic (exact) mass is 320 g/mol. The molecule has 0 saturated heterocycles. The smallest absolute Gasteiger partial charge is 0.279 e. The number of hydrogen-bond acceptors (Lipinski definition) is 5. The SMILES string of the molecule is COc1ccccc1OCCC(=O)NNC(=O)c1cccs1. The largest absolute Gasteiger partial charge is 0.493 e. The number of hydrazine groups is 1. The Balaban J connectivity index is 1.71. The van der Waals surface area contributed by atoms with Gasteiger partial charge in [-0.25, -0.2) is 0 Å². The summed E-state index contributed by atoms with van der Waals surface area (Å²) < 4.78 is 10.6. The van der Waals surface area contributed by atoms with E-state index in [1.54, 1.807) is 36.8 Å². The predicted octanol–water partition coefficient (Wildman–Crippen LogP) is 1.99. The average Bonchev–Trinajstić information content (AvgIpc) is 3.07. The van der Waals surface area contributed by atoms with E-state index in [1.165, 1.54) is 11.3 Å². The third-order valence-electron chi connectivity index (χ3n) is 2.72. The second kappa shape index (κ2) is 8.04. The maximum atomic E-state index is 11.6. The van der Waals surface area contributed by atoms with E-state index in [0.29, 0.717) is 16.4 Å². The van der Waals surface area contributed by atoms with E-state index in [0.717, 1.165) is 0 Å². The molecule has 0 aliphatic carbocycles. The number of nitrogens with one attached hydrogen (secondary N) is 2. The van der Waals surface area contributed by atoms with Gasteiger partial charge < -0.3 is 9.47 Å². The quantitative estimate of drug-likeness (QED) is 0.798. The van der Waals surface area contributed by atoms with Crippen molar-refractivity contribution >= 4 is 23.2 Å². The van der Waals surface area contributed by atoms with Gasteiger partial charge in [0.15, 0.2) is 11.5 Å². The Kier molecular flexibility index (Phi) is 5.79. The first kappa shape index (κ1) is 15.8. The van der Waals surface area contributed by atoms with E-state index in [2.05, 4.69) is 10.9 Å². The number of ether oxygens (including phenoxy) is 2. The highest BCUT2D eigenvalue weighted by Crippen LogP contribution is 2.25. The second-order valence-corrected chi connectivity index (χ2v) is 5.18. The highest BCUT2D eigenvalue weighted by Gasteiger charge is 2.09. The van der Waals surface area contributed by atoms with E-state index in [4.69, 9.17) is 9.47 Å². The highest BCUT2D eigenvalue weighted by molar-refractivity contribution is 7.12. The fourth-order valence-corrected chi connectivity index (χ4v) is 2.27. The van der Waals surface area contributed by atoms with Crippen molar-refractivity contribution < 1.29 is 19.1 Å². The maximum absolute atomic E-state index is 11.6. The first-order chi connectivity index (χ1) is 10.7. The maximum Gasteiger partial charge on any atom is 0.279 e. The first-order valence-corrected chi connectivity index (χ1v) is 7.47. The summed E-state index contributed by atoms with van der Waals surface area (Å²) in [5.74, 6) is 0.503. The normalized spacial score (nSPS) is 9.86. The van der Waals surface area contributed by atoms with Gasteiger partial charge in [-0.15, -0.1) is 11.3 Å². The van der Waals surface area contributed by atoms with Gasteiger partial charge in [0, 0.05) is 0 Å². The molecule has 22 heavy (non-hydrogen) atoms. The van der Waals surface area contributed by atoms with Gasteiger partial charge >= 0.3 is 0 Å². The summed E-state index contributed by atoms with van der Waals surface area (Å²) in [5.41, 5.74) is 4.69. The van der Waals surface area contributed by atoms with Gasteiger partial charge in [-0.1, -0.05) is 18.2 Å². The molecule has 1 heterocycles. The first-order valence-electron chi connectivity index (χ1n) is 6.59. The minimum Gasteiger partial charge on any atom is -0.493 e. The molecule has 0 aliphatic heterocycles. The van der Waals surface area contributed by atoms with Crippen LogP contribution < -0.4 is 20.3 Å². The highest BCUT2D eigenvalue weighted by atomic mass is 32.1. The van der Waals surface area contributed by atoms with Crippen molar-refractivity contribution in [3.8, 4) is 11.5 Å². The zero-order valence-corrected chi connectivity index (χ0v) is 12.8. The lowest BCUT2D eigenvalue weighted by atomic mass is 10.3. The van der Waals surface area contributed by atoms with E-state index in [1.807, 2.05) is 12.1 Å². The van der Waals surface area contributed by atoms with E-state index < -0.39 is 0 Å². The number of carbonyl (C=O) groups excluding carboxylic acids is 2. The van der Waals surface area contributed by atoms with Gasteiger partial charge in [0.1, 0.15) is 0 Å². The number of benzene rings is 1. The summed E-state index contributed by atoms with van der Waals surface area (Å²) in [6, 6.07) is 10.6. The number of amides is 2. The van der Waals surface area contributed by atoms with E-state index in [-0.39, 0.29) is 24.8 Å². The van der Waals surface area contributed by atoms with Crippen LogP contribution in [0.5, 0.6) is 11.5 Å². The summed E-state index contributed by atoms with van der Waals surface area (Å²) in [4.78, 5) is 23.8. The van der Waals surface area contributed by atoms with Crippen LogP contribution >= 0.6 is 11.3 Å². The standard InChI is InChI=1S/C15H16N2O4S/c1-20-11-5-2-3-6-12(11)21-9-8-14(18)16-17-15(19)13-7-4-10-22-13/h2-7,10H,8-9H2,1H3,(H,16,18)(H,17,19). The lowest BCUT2D eigenvalue weighted by Crippen LogP contribution is -2.41. The Hall–Kier alpha value is -2.54. The molecule has 0 bridgehead atoms. The Labute approximate surface area is 132 Å². The summed E-state index contributed by atoms with van der Waals surface area (Å²) in [6.07, 6.45) is 0.114. The Morgan fingerprint density at radius 2 is 1.86 bits per heavy atom. The second-order valence-electron chi connectivity index (χ2n) is 4.23. The molecule has 0 fully saturated rings. The fraction of sp³-hybridized carbons (Fsp3) is 0.200. The molecular weight excluding hydrogens is 304 g/mol. The molecule has 2 aromatic rings. The van der Waals surface area contributed by atoms with Gasteiger partial charge in [-0.05, 0) is 23.6 Å². The summed E-state index contributed by atoms with van der Waals surface area (Å²) in [6.45, 7) is 0.182. The topological polar surface area (TPSA) is 76.7 Å². The molecule has 1 aromatic carbocycles. The van der Waals surface area contributed by atoms with Crippen molar-refractivity contribution in [3.63, 3.8) is 0 Å². The summed E-state index contributed by atoms with van der Waals surface area (Å²) >= 11 is 1.30. The van der Waals surface area contributed by atoms with E-state index in [9.17, 15) is 9.59 Å². The molecule has 0 saturated carbocycles. The van der Waals surface area contributed by atoms with Crippen molar-refractivity contribution in [2.75, 3.05) is 13.7 Å². The summed E-state index contributed by atoms with van der Waals surface area (Å²) in [5, 5.41) is 1.79. The van der Waals surface area contributed by atoms with Crippen LogP contribution in [0.1, 0.15) is 16.1 Å². The molecule has 0 unspecified atom stereocenters. The zero-order valence-electron chi connectivity index (χ0n) is 12.0. The van der Waals surface area contributed by atoms with Crippen LogP contribution in [-0.4, -0.2) is 25.5 Å². The van der Waals surface area contributed by atoms with Crippen molar-refractivity contribution in [3.05, 3.63) is 46.7 Å². The third-order valence-corrected chi connectivity index (χ3v) is 3.58. The zero-order chi connectivity index (χ0) is 15.8. The van der Waals surface area contributed by atoms with Gasteiger partial charge in [0.25, 0.3) is 5.91 Å². The molecule has 2 N–H and O–H groups in total. The van der Waals surface area contributed by atoms with Gasteiger partial charge in [0.05, 0.1) is 25.0 Å². The van der Waals surface area contributed by atoms with Crippen LogP contribution in [0.3, 0.4) is 0 Å². The Bertz CT molecular complexity index is 628. The molecule has 7 heteroatoms. The van der Waals surface area contributed by atoms with Crippen LogP contribution in [0.15, 0.2) is 41.8 Å². The Morgan fingerprint density at radius 1 is 1.09 bits per heavy atom. The van der Waals surface area contributed by atoms with Gasteiger partial charge in [0.2, 0.25) is 5.91 Å². The van der Waals surface area contributed by atoms with Gasteiger partial charge in [-0.3, -0.25) is 20.4 Å². The number of methoxy groups -OCH3 is 1. The number of para-hydroxylation sites is 2. The number of rotatable bonds is 6. The lowest BCUT2D eigenvalue weighted by Gasteiger charge is -2.10. The van der Waals surface area contributed by atoms with Crippen LogP contribution in [0.4, 0.5) is 0 Å². The molecule has 6 nitrogen and oxygen atoms in total. The predicted molar refractivity (Wildman–Crippen MR) is 83.0 cm³/mol. The lowest BCUT2D eigenvalue weighted by molar-refractivity contribution is -0.122. The average molecular weight is 320 g/mol.